The number of rotatable bonds is 3. The van der Waals surface area contributed by atoms with E-state index in [1.54, 1.807) is 0 Å². The number of aromatic nitrogens is 1. The lowest BCUT2D eigenvalue weighted by molar-refractivity contribution is -0.387. The van der Waals surface area contributed by atoms with E-state index >= 15 is 0 Å². The van der Waals surface area contributed by atoms with Crippen LogP contribution in [0.3, 0.4) is 0 Å². The van der Waals surface area contributed by atoms with E-state index in [4.69, 9.17) is 5.11 Å². The Labute approximate surface area is 83.5 Å². The highest BCUT2D eigenvalue weighted by atomic mass is 19.3. The monoisotopic (exact) mass is 218 g/mol. The van der Waals surface area contributed by atoms with Gasteiger partial charge < -0.3 is 5.11 Å². The van der Waals surface area contributed by atoms with E-state index in [1.807, 2.05) is 0 Å². The van der Waals surface area contributed by atoms with E-state index in [0.717, 1.165) is 6.07 Å². The van der Waals surface area contributed by atoms with E-state index in [-0.39, 0.29) is 11.4 Å². The van der Waals surface area contributed by atoms with Gasteiger partial charge in [0.15, 0.2) is 0 Å². The van der Waals surface area contributed by atoms with Crippen LogP contribution in [0.25, 0.3) is 0 Å². The Morgan fingerprint density at radius 3 is 2.67 bits per heavy atom. The van der Waals surface area contributed by atoms with Crippen LogP contribution in [0.2, 0.25) is 0 Å². The average Bonchev–Trinajstić information content (AvgIpc) is 2.15. The van der Waals surface area contributed by atoms with E-state index in [1.165, 1.54) is 6.92 Å². The fraction of sp³-hybridized carbons (Fsp3) is 0.375. The summed E-state index contributed by atoms with van der Waals surface area (Å²) >= 11 is 0. The maximum atomic E-state index is 12.5. The highest BCUT2D eigenvalue weighted by Gasteiger charge is 2.26. The minimum absolute atomic E-state index is 0.208. The third-order valence-corrected chi connectivity index (χ3v) is 1.79. The molecule has 1 aromatic heterocycles. The van der Waals surface area contributed by atoms with Crippen molar-refractivity contribution in [1.82, 2.24) is 4.98 Å². The average molecular weight is 218 g/mol. The summed E-state index contributed by atoms with van der Waals surface area (Å²) in [7, 11) is 0. The molecule has 82 valence electrons. The van der Waals surface area contributed by atoms with Crippen LogP contribution in [0.1, 0.15) is 23.4 Å². The van der Waals surface area contributed by atoms with Crippen LogP contribution in [0.5, 0.6) is 0 Å². The van der Waals surface area contributed by atoms with Gasteiger partial charge in [-0.2, -0.15) is 0 Å². The molecular formula is C8H8F2N2O3. The molecule has 0 bridgehead atoms. The molecule has 0 atom stereocenters. The predicted octanol–water partition coefficient (Wildman–Crippen LogP) is 1.73. The third kappa shape index (κ3) is 2.24. The molecule has 1 rings (SSSR count). The van der Waals surface area contributed by atoms with Crippen LogP contribution in [0.4, 0.5) is 14.5 Å². The number of aliphatic hydroxyl groups excluding tert-OH is 1. The number of nitrogens with zero attached hydrogens (tertiary/aromatic N) is 2. The van der Waals surface area contributed by atoms with Gasteiger partial charge in [-0.05, 0) is 13.0 Å². The summed E-state index contributed by atoms with van der Waals surface area (Å²) < 4.78 is 24.9. The zero-order chi connectivity index (χ0) is 11.6. The quantitative estimate of drug-likeness (QED) is 0.619. The molecule has 0 radical (unpaired) electrons. The Morgan fingerprint density at radius 1 is 1.67 bits per heavy atom. The van der Waals surface area contributed by atoms with Crippen molar-refractivity contribution in [3.05, 3.63) is 33.1 Å². The number of pyridine rings is 1. The molecule has 0 unspecified atom stereocenters. The van der Waals surface area contributed by atoms with Gasteiger partial charge >= 0.3 is 5.69 Å². The SMILES string of the molecule is Cc1cc(C(F)F)c([N+](=O)[O-])c(CO)n1. The van der Waals surface area contributed by atoms with Crippen molar-refractivity contribution in [3.63, 3.8) is 0 Å². The molecule has 0 saturated heterocycles. The molecule has 0 aromatic carbocycles. The third-order valence-electron chi connectivity index (χ3n) is 1.79. The van der Waals surface area contributed by atoms with Crippen LogP contribution < -0.4 is 0 Å². The fourth-order valence-corrected chi connectivity index (χ4v) is 1.25. The van der Waals surface area contributed by atoms with Gasteiger partial charge in [-0.25, -0.2) is 13.8 Å². The highest BCUT2D eigenvalue weighted by molar-refractivity contribution is 5.45. The van der Waals surface area contributed by atoms with Crippen molar-refractivity contribution in [3.8, 4) is 0 Å². The van der Waals surface area contributed by atoms with E-state index < -0.39 is 29.2 Å². The summed E-state index contributed by atoms with van der Waals surface area (Å²) in [6.45, 7) is 0.687. The predicted molar refractivity (Wildman–Crippen MR) is 46.5 cm³/mol. The lowest BCUT2D eigenvalue weighted by Crippen LogP contribution is -2.05. The van der Waals surface area contributed by atoms with Crippen molar-refractivity contribution in [2.75, 3.05) is 0 Å². The molecule has 0 aliphatic rings. The molecule has 0 spiro atoms. The first kappa shape index (κ1) is 11.4. The van der Waals surface area contributed by atoms with Gasteiger partial charge in [0.1, 0.15) is 5.69 Å². The summed E-state index contributed by atoms with van der Waals surface area (Å²) in [6.07, 6.45) is -2.96. The van der Waals surface area contributed by atoms with Crippen molar-refractivity contribution in [2.45, 2.75) is 20.0 Å². The zero-order valence-electron chi connectivity index (χ0n) is 7.78. The zero-order valence-corrected chi connectivity index (χ0v) is 7.78. The number of hydrogen-bond acceptors (Lipinski definition) is 4. The topological polar surface area (TPSA) is 76.3 Å². The van der Waals surface area contributed by atoms with Crippen LogP contribution in [0.15, 0.2) is 6.07 Å². The van der Waals surface area contributed by atoms with E-state index in [9.17, 15) is 18.9 Å². The Balaban J connectivity index is 3.47. The van der Waals surface area contributed by atoms with Crippen molar-refractivity contribution < 1.29 is 18.8 Å². The van der Waals surface area contributed by atoms with Gasteiger partial charge in [0.2, 0.25) is 0 Å². The lowest BCUT2D eigenvalue weighted by atomic mass is 10.1. The second kappa shape index (κ2) is 4.26. The van der Waals surface area contributed by atoms with Gasteiger partial charge in [-0.3, -0.25) is 10.1 Å². The molecular weight excluding hydrogens is 210 g/mol. The molecule has 5 nitrogen and oxygen atoms in total. The molecule has 1 N–H and O–H groups in total. The van der Waals surface area contributed by atoms with Crippen molar-refractivity contribution in [1.29, 1.82) is 0 Å². The second-order valence-electron chi connectivity index (χ2n) is 2.86. The van der Waals surface area contributed by atoms with Crippen LogP contribution in [-0.4, -0.2) is 15.0 Å². The summed E-state index contributed by atoms with van der Waals surface area (Å²) in [4.78, 5) is 13.2. The molecule has 0 fully saturated rings. The van der Waals surface area contributed by atoms with Gasteiger partial charge in [0.25, 0.3) is 6.43 Å². The highest BCUT2D eigenvalue weighted by Crippen LogP contribution is 2.31. The maximum Gasteiger partial charge on any atom is 0.302 e. The summed E-state index contributed by atoms with van der Waals surface area (Å²) in [5, 5.41) is 19.3. The van der Waals surface area contributed by atoms with Crippen LogP contribution >= 0.6 is 0 Å². The summed E-state index contributed by atoms with van der Waals surface area (Å²) in [5.74, 6) is 0. The number of hydrogen-bond donors (Lipinski definition) is 1. The van der Waals surface area contributed by atoms with Crippen molar-refractivity contribution >= 4 is 5.69 Å². The van der Waals surface area contributed by atoms with E-state index in [0.29, 0.717) is 0 Å². The Bertz CT molecular complexity index is 396. The largest absolute Gasteiger partial charge is 0.390 e. The number of aryl methyl sites for hydroxylation is 1. The lowest BCUT2D eigenvalue weighted by Gasteiger charge is -2.06. The van der Waals surface area contributed by atoms with Crippen LogP contribution in [0, 0.1) is 17.0 Å². The molecule has 0 aliphatic carbocycles. The smallest absolute Gasteiger partial charge is 0.302 e. The first-order valence-corrected chi connectivity index (χ1v) is 4.01. The van der Waals surface area contributed by atoms with Gasteiger partial charge in [-0.15, -0.1) is 0 Å². The molecule has 7 heteroatoms. The fourth-order valence-electron chi connectivity index (χ4n) is 1.25. The molecule has 0 amide bonds. The molecule has 1 heterocycles. The minimum atomic E-state index is -2.96. The number of nitro groups is 1. The normalized spacial score (nSPS) is 10.7. The number of halogens is 2. The Kier molecular flexibility index (Phi) is 3.25. The molecule has 15 heavy (non-hydrogen) atoms. The minimum Gasteiger partial charge on any atom is -0.390 e. The van der Waals surface area contributed by atoms with Gasteiger partial charge in [-0.1, -0.05) is 0 Å². The second-order valence-corrected chi connectivity index (χ2v) is 2.86. The first-order valence-electron chi connectivity index (χ1n) is 4.01. The van der Waals surface area contributed by atoms with Gasteiger partial charge in [0.05, 0.1) is 17.1 Å². The summed E-state index contributed by atoms with van der Waals surface area (Å²) in [5.41, 5.74) is -1.65. The molecule has 1 aromatic rings. The summed E-state index contributed by atoms with van der Waals surface area (Å²) in [6, 6.07) is 0.946. The first-order chi connectivity index (χ1) is 6.97. The van der Waals surface area contributed by atoms with E-state index in [2.05, 4.69) is 4.98 Å². The molecule has 0 saturated carbocycles. The Hall–Kier alpha value is -1.63. The maximum absolute atomic E-state index is 12.5. The molecule has 0 aliphatic heterocycles. The standard InChI is InChI=1S/C8H8F2N2O3/c1-4-2-5(8(9)10)7(12(14)15)6(3-13)11-4/h2,8,13H,3H2,1H3. The van der Waals surface area contributed by atoms with Crippen molar-refractivity contribution in [2.24, 2.45) is 0 Å². The number of aliphatic hydroxyl groups is 1. The van der Waals surface area contributed by atoms with Crippen LogP contribution in [-0.2, 0) is 6.61 Å². The van der Waals surface area contributed by atoms with Gasteiger partial charge in [0, 0.05) is 5.69 Å². The number of alkyl halides is 2. The Morgan fingerprint density at radius 2 is 2.27 bits per heavy atom.